The maximum atomic E-state index is 12.3. The van der Waals surface area contributed by atoms with Gasteiger partial charge in [-0.25, -0.2) is 4.57 Å². The number of benzene rings is 1. The van der Waals surface area contributed by atoms with Crippen LogP contribution in [0, 0.1) is 0 Å². The van der Waals surface area contributed by atoms with E-state index in [2.05, 4.69) is 22.6 Å². The van der Waals surface area contributed by atoms with Crippen LogP contribution in [-0.2, 0) is 9.09 Å². The lowest BCUT2D eigenvalue weighted by Gasteiger charge is -2.28. The first-order valence-corrected chi connectivity index (χ1v) is 8.55. The van der Waals surface area contributed by atoms with Crippen molar-refractivity contribution in [2.75, 3.05) is 10.6 Å². The fraction of sp³-hybridized carbons (Fsp3) is 0.455. The fourth-order valence-corrected chi connectivity index (χ4v) is 4.45. The van der Waals surface area contributed by atoms with E-state index >= 15 is 0 Å². The quantitative estimate of drug-likeness (QED) is 0.471. The van der Waals surface area contributed by atoms with Crippen molar-refractivity contribution < 1.29 is 13.6 Å². The molecular formula is C11H14IO3P. The Labute approximate surface area is 109 Å². The summed E-state index contributed by atoms with van der Waals surface area (Å²) < 4.78 is 24.2. The van der Waals surface area contributed by atoms with Crippen LogP contribution in [0.5, 0.6) is 5.75 Å². The van der Waals surface area contributed by atoms with Crippen molar-refractivity contribution in [2.24, 2.45) is 0 Å². The van der Waals surface area contributed by atoms with Crippen LogP contribution in [0.25, 0.3) is 0 Å². The van der Waals surface area contributed by atoms with E-state index in [0.29, 0.717) is 11.9 Å². The number of para-hydroxylation sites is 1. The molecule has 1 aromatic carbocycles. The normalized spacial score (nSPS) is 29.9. The summed E-state index contributed by atoms with van der Waals surface area (Å²) in [5.41, 5.74) is 0. The zero-order chi connectivity index (χ0) is 11.4. The Morgan fingerprint density at radius 1 is 1.44 bits per heavy atom. The van der Waals surface area contributed by atoms with E-state index in [1.165, 1.54) is 0 Å². The van der Waals surface area contributed by atoms with Crippen molar-refractivity contribution in [2.45, 2.75) is 18.9 Å². The molecule has 2 atom stereocenters. The van der Waals surface area contributed by atoms with Crippen molar-refractivity contribution >= 4 is 30.2 Å². The van der Waals surface area contributed by atoms with Gasteiger partial charge in [-0.1, -0.05) is 40.8 Å². The fourth-order valence-electron chi connectivity index (χ4n) is 1.66. The predicted molar refractivity (Wildman–Crippen MR) is 72.5 cm³/mol. The lowest BCUT2D eigenvalue weighted by Crippen LogP contribution is -2.21. The van der Waals surface area contributed by atoms with E-state index in [1.807, 2.05) is 18.2 Å². The molecule has 1 saturated heterocycles. The third kappa shape index (κ3) is 3.22. The molecule has 1 aliphatic rings. The summed E-state index contributed by atoms with van der Waals surface area (Å²) in [6.45, 7) is 0. The van der Waals surface area contributed by atoms with Crippen molar-refractivity contribution in [1.29, 1.82) is 0 Å². The molecule has 1 aliphatic heterocycles. The van der Waals surface area contributed by atoms with Gasteiger partial charge in [0, 0.05) is 4.43 Å². The molecule has 0 unspecified atom stereocenters. The number of hydrogen-bond donors (Lipinski definition) is 0. The minimum Gasteiger partial charge on any atom is -0.424 e. The summed E-state index contributed by atoms with van der Waals surface area (Å²) in [5, 5.41) is 0. The van der Waals surface area contributed by atoms with Crippen LogP contribution in [0.1, 0.15) is 12.8 Å². The second-order valence-electron chi connectivity index (χ2n) is 3.76. The molecule has 0 spiro atoms. The van der Waals surface area contributed by atoms with Gasteiger partial charge in [0.1, 0.15) is 5.75 Å². The molecule has 5 heteroatoms. The molecule has 0 radical (unpaired) electrons. The van der Waals surface area contributed by atoms with Crippen LogP contribution in [0.3, 0.4) is 0 Å². The SMILES string of the molecule is O=[P@]1(Oc2ccccc2)CCC[C@H](CI)O1. The molecule has 3 nitrogen and oxygen atoms in total. The van der Waals surface area contributed by atoms with Gasteiger partial charge in [0.2, 0.25) is 0 Å². The summed E-state index contributed by atoms with van der Waals surface area (Å²) in [7, 11) is -2.91. The Balaban J connectivity index is 2.05. The molecule has 16 heavy (non-hydrogen) atoms. The smallest absolute Gasteiger partial charge is 0.379 e. The molecule has 1 heterocycles. The number of hydrogen-bond acceptors (Lipinski definition) is 3. The summed E-state index contributed by atoms with van der Waals surface area (Å²) in [6.07, 6.45) is 2.49. The third-order valence-electron chi connectivity index (χ3n) is 2.43. The highest BCUT2D eigenvalue weighted by atomic mass is 127. The Bertz CT molecular complexity index is 382. The monoisotopic (exact) mass is 352 g/mol. The molecule has 0 N–H and O–H groups in total. The molecule has 0 bridgehead atoms. The summed E-state index contributed by atoms with van der Waals surface area (Å²) in [5.74, 6) is 0.625. The first-order valence-electron chi connectivity index (χ1n) is 5.30. The number of rotatable bonds is 3. The van der Waals surface area contributed by atoms with E-state index in [9.17, 15) is 4.57 Å². The molecule has 1 aromatic rings. The molecule has 1 fully saturated rings. The van der Waals surface area contributed by atoms with Gasteiger partial charge in [0.05, 0.1) is 12.3 Å². The number of alkyl halides is 1. The molecule has 0 aliphatic carbocycles. The minimum absolute atomic E-state index is 0.0731. The van der Waals surface area contributed by atoms with Crippen LogP contribution >= 0.6 is 30.2 Å². The second-order valence-corrected chi connectivity index (χ2v) is 6.71. The Morgan fingerprint density at radius 2 is 2.19 bits per heavy atom. The standard InChI is InChI=1S/C11H14IO3P/c12-9-11-7-4-8-16(13,15-11)14-10-5-2-1-3-6-10/h1-3,5-6,11H,4,7-9H2/t11-,16+/m1/s1. The van der Waals surface area contributed by atoms with E-state index < -0.39 is 7.60 Å². The van der Waals surface area contributed by atoms with Crippen LogP contribution in [-0.4, -0.2) is 16.7 Å². The molecular weight excluding hydrogens is 338 g/mol. The second kappa shape index (κ2) is 5.52. The van der Waals surface area contributed by atoms with Gasteiger partial charge in [-0.2, -0.15) is 0 Å². The van der Waals surface area contributed by atoms with Crippen LogP contribution < -0.4 is 4.52 Å². The first-order chi connectivity index (χ1) is 7.72. The predicted octanol–water partition coefficient (Wildman–Crippen LogP) is 3.87. The highest BCUT2D eigenvalue weighted by molar-refractivity contribution is 14.1. The zero-order valence-corrected chi connectivity index (χ0v) is 11.9. The molecule has 2 rings (SSSR count). The molecule has 0 amide bonds. The third-order valence-corrected chi connectivity index (χ3v) is 5.38. The van der Waals surface area contributed by atoms with E-state index in [1.54, 1.807) is 12.1 Å². The highest BCUT2D eigenvalue weighted by Crippen LogP contribution is 2.53. The van der Waals surface area contributed by atoms with Gasteiger partial charge < -0.3 is 4.52 Å². The Morgan fingerprint density at radius 3 is 2.88 bits per heavy atom. The summed E-state index contributed by atoms with van der Waals surface area (Å²) >= 11 is 2.25. The van der Waals surface area contributed by atoms with Gasteiger partial charge in [-0.3, -0.25) is 4.52 Å². The average Bonchev–Trinajstić information content (AvgIpc) is 2.29. The summed E-state index contributed by atoms with van der Waals surface area (Å²) in [6, 6.07) is 9.23. The van der Waals surface area contributed by atoms with Crippen molar-refractivity contribution in [3.05, 3.63) is 30.3 Å². The number of halogens is 1. The maximum absolute atomic E-state index is 12.3. The van der Waals surface area contributed by atoms with Gasteiger partial charge >= 0.3 is 7.60 Å². The van der Waals surface area contributed by atoms with Crippen LogP contribution in [0.4, 0.5) is 0 Å². The van der Waals surface area contributed by atoms with Crippen molar-refractivity contribution in [3.8, 4) is 5.75 Å². The lowest BCUT2D eigenvalue weighted by atomic mass is 10.2. The Hall–Kier alpha value is -0.0600. The van der Waals surface area contributed by atoms with E-state index in [-0.39, 0.29) is 6.10 Å². The van der Waals surface area contributed by atoms with Crippen molar-refractivity contribution in [1.82, 2.24) is 0 Å². The lowest BCUT2D eigenvalue weighted by molar-refractivity contribution is 0.172. The van der Waals surface area contributed by atoms with E-state index in [0.717, 1.165) is 17.3 Å². The van der Waals surface area contributed by atoms with Gasteiger partial charge in [-0.05, 0) is 25.0 Å². The van der Waals surface area contributed by atoms with E-state index in [4.69, 9.17) is 9.05 Å². The minimum atomic E-state index is -2.91. The van der Waals surface area contributed by atoms with Crippen molar-refractivity contribution in [3.63, 3.8) is 0 Å². The molecule has 0 aromatic heterocycles. The average molecular weight is 352 g/mol. The largest absolute Gasteiger partial charge is 0.424 e. The van der Waals surface area contributed by atoms with Crippen LogP contribution in [0.15, 0.2) is 30.3 Å². The first kappa shape index (κ1) is 12.4. The van der Waals surface area contributed by atoms with Gasteiger partial charge in [-0.15, -0.1) is 0 Å². The van der Waals surface area contributed by atoms with Gasteiger partial charge in [0.15, 0.2) is 0 Å². The Kier molecular flexibility index (Phi) is 4.27. The molecule has 0 saturated carbocycles. The maximum Gasteiger partial charge on any atom is 0.379 e. The van der Waals surface area contributed by atoms with Gasteiger partial charge in [0.25, 0.3) is 0 Å². The highest BCUT2D eigenvalue weighted by Gasteiger charge is 2.33. The molecule has 88 valence electrons. The summed E-state index contributed by atoms with van der Waals surface area (Å²) in [4.78, 5) is 0. The topological polar surface area (TPSA) is 35.5 Å². The van der Waals surface area contributed by atoms with Crippen LogP contribution in [0.2, 0.25) is 0 Å². The zero-order valence-electron chi connectivity index (χ0n) is 8.84.